The SMILES string of the molecule is CC1CN(CC2CCCN2C(=O)CN2C(=O)NC3(CCC(C(C)(C)C)CC3)C2=O)CC(C)O1. The minimum atomic E-state index is -0.816. The molecule has 8 heteroatoms. The van der Waals surface area contributed by atoms with Gasteiger partial charge in [0.05, 0.1) is 12.2 Å². The predicted molar refractivity (Wildman–Crippen MR) is 126 cm³/mol. The Bertz CT molecular complexity index is 761. The van der Waals surface area contributed by atoms with Crippen molar-refractivity contribution in [2.75, 3.05) is 32.7 Å². The summed E-state index contributed by atoms with van der Waals surface area (Å²) in [4.78, 5) is 44.8. The number of urea groups is 1. The number of imide groups is 1. The summed E-state index contributed by atoms with van der Waals surface area (Å²) in [5.41, 5.74) is -0.618. The zero-order valence-corrected chi connectivity index (χ0v) is 21.1. The van der Waals surface area contributed by atoms with Gasteiger partial charge in [-0.3, -0.25) is 19.4 Å². The normalized spacial score (nSPS) is 36.0. The van der Waals surface area contributed by atoms with Crippen molar-refractivity contribution in [1.29, 1.82) is 0 Å². The molecule has 3 atom stereocenters. The summed E-state index contributed by atoms with van der Waals surface area (Å²) < 4.78 is 5.84. The molecule has 4 amide bonds. The molecule has 0 aromatic heterocycles. The van der Waals surface area contributed by atoms with Gasteiger partial charge in [0.15, 0.2) is 0 Å². The number of carbonyl (C=O) groups is 3. The van der Waals surface area contributed by atoms with Crippen LogP contribution >= 0.6 is 0 Å². The summed E-state index contributed by atoms with van der Waals surface area (Å²) >= 11 is 0. The van der Waals surface area contributed by atoms with Gasteiger partial charge < -0.3 is 15.0 Å². The minimum Gasteiger partial charge on any atom is -0.373 e. The van der Waals surface area contributed by atoms with Crippen LogP contribution in [0.2, 0.25) is 0 Å². The maximum atomic E-state index is 13.3. The second-order valence-corrected chi connectivity index (χ2v) is 11.9. The van der Waals surface area contributed by atoms with Crippen LogP contribution in [0.25, 0.3) is 0 Å². The maximum Gasteiger partial charge on any atom is 0.325 e. The van der Waals surface area contributed by atoms with E-state index in [-0.39, 0.29) is 42.0 Å². The van der Waals surface area contributed by atoms with Crippen LogP contribution in [-0.4, -0.2) is 89.1 Å². The fourth-order valence-corrected chi connectivity index (χ4v) is 6.45. The fourth-order valence-electron chi connectivity index (χ4n) is 6.45. The monoisotopic (exact) mass is 462 g/mol. The maximum absolute atomic E-state index is 13.3. The standard InChI is InChI=1S/C25H42N4O4/c1-17-13-27(14-18(2)33-17)15-20-7-6-12-28(20)21(30)16-29-22(31)25(26-23(29)32)10-8-19(9-11-25)24(3,4)5/h17-20H,6-16H2,1-5H3,(H,26,32). The molecule has 8 nitrogen and oxygen atoms in total. The van der Waals surface area contributed by atoms with Gasteiger partial charge in [-0.25, -0.2) is 4.79 Å². The first-order valence-corrected chi connectivity index (χ1v) is 12.8. The highest BCUT2D eigenvalue weighted by molar-refractivity contribution is 6.09. The third-order valence-electron chi connectivity index (χ3n) is 8.26. The average Bonchev–Trinajstić information content (AvgIpc) is 3.25. The van der Waals surface area contributed by atoms with Crippen LogP contribution in [0, 0.1) is 11.3 Å². The molecule has 4 aliphatic rings. The van der Waals surface area contributed by atoms with Crippen molar-refractivity contribution in [2.24, 2.45) is 11.3 Å². The molecule has 1 aliphatic carbocycles. The molecule has 33 heavy (non-hydrogen) atoms. The Morgan fingerprint density at radius 2 is 1.73 bits per heavy atom. The van der Waals surface area contributed by atoms with Gasteiger partial charge in [0.1, 0.15) is 12.1 Å². The molecule has 3 saturated heterocycles. The lowest BCUT2D eigenvalue weighted by molar-refractivity contribution is -0.140. The zero-order valence-electron chi connectivity index (χ0n) is 21.1. The molecule has 4 fully saturated rings. The minimum absolute atomic E-state index is 0.115. The van der Waals surface area contributed by atoms with E-state index in [1.807, 2.05) is 4.90 Å². The van der Waals surface area contributed by atoms with E-state index >= 15 is 0 Å². The van der Waals surface area contributed by atoms with Gasteiger partial charge in [-0.15, -0.1) is 0 Å². The fraction of sp³-hybridized carbons (Fsp3) is 0.880. The molecule has 0 bridgehead atoms. The molecule has 186 valence electrons. The summed E-state index contributed by atoms with van der Waals surface area (Å²) in [5, 5.41) is 2.97. The molecule has 4 rings (SSSR count). The van der Waals surface area contributed by atoms with E-state index in [0.717, 1.165) is 45.3 Å². The first-order chi connectivity index (χ1) is 15.5. The van der Waals surface area contributed by atoms with Gasteiger partial charge in [-0.2, -0.15) is 0 Å². The first kappa shape index (κ1) is 24.5. The van der Waals surface area contributed by atoms with Crippen molar-refractivity contribution in [2.45, 2.75) is 96.9 Å². The number of hydrogen-bond donors (Lipinski definition) is 1. The van der Waals surface area contributed by atoms with E-state index in [2.05, 4.69) is 44.8 Å². The molecule has 0 aromatic rings. The molecule has 1 N–H and O–H groups in total. The van der Waals surface area contributed by atoms with Crippen molar-refractivity contribution in [3.05, 3.63) is 0 Å². The van der Waals surface area contributed by atoms with E-state index < -0.39 is 11.6 Å². The Labute approximate surface area is 198 Å². The smallest absolute Gasteiger partial charge is 0.325 e. The molecular weight excluding hydrogens is 420 g/mol. The van der Waals surface area contributed by atoms with Crippen LogP contribution in [0.3, 0.4) is 0 Å². The van der Waals surface area contributed by atoms with Crippen LogP contribution in [0.5, 0.6) is 0 Å². The van der Waals surface area contributed by atoms with Gasteiger partial charge >= 0.3 is 6.03 Å². The van der Waals surface area contributed by atoms with Crippen molar-refractivity contribution >= 4 is 17.8 Å². The lowest BCUT2D eigenvalue weighted by atomic mass is 9.67. The number of morpholine rings is 1. The number of carbonyl (C=O) groups excluding carboxylic acids is 3. The van der Waals surface area contributed by atoms with E-state index in [9.17, 15) is 14.4 Å². The van der Waals surface area contributed by atoms with Crippen LogP contribution in [0.1, 0.15) is 73.1 Å². The van der Waals surface area contributed by atoms with Crippen LogP contribution < -0.4 is 5.32 Å². The number of ether oxygens (including phenoxy) is 1. The second-order valence-electron chi connectivity index (χ2n) is 11.9. The summed E-state index contributed by atoms with van der Waals surface area (Å²) in [6.07, 6.45) is 5.45. The third-order valence-corrected chi connectivity index (χ3v) is 8.26. The van der Waals surface area contributed by atoms with Crippen LogP contribution in [0.4, 0.5) is 4.79 Å². The number of amides is 4. The Balaban J connectivity index is 1.36. The lowest BCUT2D eigenvalue weighted by Crippen LogP contribution is -2.53. The quantitative estimate of drug-likeness (QED) is 0.650. The predicted octanol–water partition coefficient (Wildman–Crippen LogP) is 2.61. The van der Waals surface area contributed by atoms with Gasteiger partial charge in [0.25, 0.3) is 5.91 Å². The topological polar surface area (TPSA) is 82.2 Å². The lowest BCUT2D eigenvalue weighted by Gasteiger charge is -2.40. The summed E-state index contributed by atoms with van der Waals surface area (Å²) in [6, 6.07) is -0.277. The molecule has 3 aliphatic heterocycles. The Morgan fingerprint density at radius 3 is 2.33 bits per heavy atom. The van der Waals surface area contributed by atoms with E-state index in [4.69, 9.17) is 4.74 Å². The van der Waals surface area contributed by atoms with Gasteiger partial charge in [0.2, 0.25) is 5.91 Å². The highest BCUT2D eigenvalue weighted by Crippen LogP contribution is 2.43. The van der Waals surface area contributed by atoms with Crippen molar-refractivity contribution in [3.63, 3.8) is 0 Å². The molecular formula is C25H42N4O4. The van der Waals surface area contributed by atoms with Crippen molar-refractivity contribution in [1.82, 2.24) is 20.0 Å². The Morgan fingerprint density at radius 1 is 1.09 bits per heavy atom. The number of hydrogen-bond acceptors (Lipinski definition) is 5. The van der Waals surface area contributed by atoms with Gasteiger partial charge in [-0.1, -0.05) is 20.8 Å². The van der Waals surface area contributed by atoms with Gasteiger partial charge in [-0.05, 0) is 63.7 Å². The molecule has 0 aromatic carbocycles. The molecule has 1 saturated carbocycles. The molecule has 1 spiro atoms. The first-order valence-electron chi connectivity index (χ1n) is 12.8. The Kier molecular flexibility index (Phi) is 6.80. The summed E-state index contributed by atoms with van der Waals surface area (Å²) in [5.74, 6) is 0.218. The van der Waals surface area contributed by atoms with Crippen LogP contribution in [-0.2, 0) is 14.3 Å². The highest BCUT2D eigenvalue weighted by Gasteiger charge is 2.54. The van der Waals surface area contributed by atoms with Crippen molar-refractivity contribution < 1.29 is 19.1 Å². The summed E-state index contributed by atoms with van der Waals surface area (Å²) in [7, 11) is 0. The van der Waals surface area contributed by atoms with E-state index in [1.165, 1.54) is 4.90 Å². The number of likely N-dealkylation sites (tertiary alicyclic amines) is 1. The number of nitrogens with one attached hydrogen (secondary N) is 1. The van der Waals surface area contributed by atoms with Gasteiger partial charge in [0, 0.05) is 32.2 Å². The highest BCUT2D eigenvalue weighted by atomic mass is 16.5. The molecule has 3 unspecified atom stereocenters. The van der Waals surface area contributed by atoms with Crippen LogP contribution in [0.15, 0.2) is 0 Å². The zero-order chi connectivity index (χ0) is 24.0. The van der Waals surface area contributed by atoms with E-state index in [0.29, 0.717) is 25.3 Å². The molecule has 3 heterocycles. The third kappa shape index (κ3) is 5.06. The van der Waals surface area contributed by atoms with E-state index in [1.54, 1.807) is 0 Å². The second kappa shape index (κ2) is 9.17. The number of nitrogens with zero attached hydrogens (tertiary/aromatic N) is 3. The van der Waals surface area contributed by atoms with Crippen molar-refractivity contribution in [3.8, 4) is 0 Å². The number of rotatable bonds is 4. The Hall–Kier alpha value is -1.67. The molecule has 0 radical (unpaired) electrons. The largest absolute Gasteiger partial charge is 0.373 e. The average molecular weight is 463 g/mol. The summed E-state index contributed by atoms with van der Waals surface area (Å²) in [6.45, 7) is 14.0.